The monoisotopic (exact) mass is 378 g/mol. The molecule has 1 aliphatic heterocycles. The molecule has 0 radical (unpaired) electrons. The topological polar surface area (TPSA) is 87.9 Å². The highest BCUT2D eigenvalue weighted by atomic mass is 19.1. The number of nitrogens with one attached hydrogen (secondary N) is 1. The highest BCUT2D eigenvalue weighted by Crippen LogP contribution is 2.24. The number of piperidine rings is 1. The van der Waals surface area contributed by atoms with Crippen LogP contribution in [0.1, 0.15) is 18.5 Å². The zero-order chi connectivity index (χ0) is 18.9. The Balaban J connectivity index is 1.38. The molecule has 0 saturated carbocycles. The third-order valence-electron chi connectivity index (χ3n) is 5.13. The summed E-state index contributed by atoms with van der Waals surface area (Å²) in [5.74, 6) is 1.53. The molecule has 4 aromatic rings. The minimum atomic E-state index is -0.322. The molecule has 0 spiro atoms. The summed E-state index contributed by atoms with van der Waals surface area (Å²) in [6.45, 7) is 1.89. The summed E-state index contributed by atoms with van der Waals surface area (Å²) in [5, 5.41) is 6.88. The van der Waals surface area contributed by atoms with Gasteiger partial charge in [-0.3, -0.25) is 4.40 Å². The molecular formula is C19H19FN8. The van der Waals surface area contributed by atoms with E-state index in [1.54, 1.807) is 22.9 Å². The van der Waals surface area contributed by atoms with Gasteiger partial charge < -0.3 is 4.90 Å². The molecule has 9 heteroatoms. The van der Waals surface area contributed by atoms with Crippen molar-refractivity contribution in [1.82, 2.24) is 34.5 Å². The van der Waals surface area contributed by atoms with Crippen LogP contribution in [0.5, 0.6) is 0 Å². The first kappa shape index (κ1) is 16.8. The van der Waals surface area contributed by atoms with Crippen molar-refractivity contribution < 1.29 is 4.39 Å². The second kappa shape index (κ2) is 6.99. The van der Waals surface area contributed by atoms with Crippen LogP contribution in [0.15, 0.2) is 43.1 Å². The van der Waals surface area contributed by atoms with Crippen molar-refractivity contribution in [3.05, 3.63) is 54.6 Å². The van der Waals surface area contributed by atoms with E-state index in [0.29, 0.717) is 23.1 Å². The van der Waals surface area contributed by atoms with Crippen LogP contribution in [0.4, 0.5) is 10.3 Å². The number of H-pyrrole nitrogens is 1. The molecule has 5 heterocycles. The van der Waals surface area contributed by atoms with E-state index in [1.165, 1.54) is 18.6 Å². The van der Waals surface area contributed by atoms with E-state index >= 15 is 0 Å². The van der Waals surface area contributed by atoms with Gasteiger partial charge in [0.2, 0.25) is 5.95 Å². The van der Waals surface area contributed by atoms with Gasteiger partial charge in [0.1, 0.15) is 23.5 Å². The van der Waals surface area contributed by atoms with E-state index < -0.39 is 0 Å². The lowest BCUT2D eigenvalue weighted by Crippen LogP contribution is -2.37. The molecule has 0 amide bonds. The molecule has 1 N–H and O–H groups in total. The number of pyridine rings is 1. The summed E-state index contributed by atoms with van der Waals surface area (Å²) >= 11 is 0. The van der Waals surface area contributed by atoms with E-state index in [1.807, 2.05) is 6.07 Å². The lowest BCUT2D eigenvalue weighted by atomic mass is 9.93. The second-order valence-electron chi connectivity index (χ2n) is 7.06. The summed E-state index contributed by atoms with van der Waals surface area (Å²) in [5.41, 5.74) is 2.32. The summed E-state index contributed by atoms with van der Waals surface area (Å²) in [4.78, 5) is 19.9. The molecular weight excluding hydrogens is 359 g/mol. The molecule has 4 aromatic heterocycles. The van der Waals surface area contributed by atoms with Crippen LogP contribution in [-0.2, 0) is 6.42 Å². The minimum absolute atomic E-state index is 0.322. The standard InChI is InChI=1S/C19H19FN8/c20-14-3-4-17-22-9-16(28(17)11-14)18-21-6-5-15(25-18)8-13-2-1-7-27(10-13)19-23-12-24-26-19/h3-6,9,11-13H,1-2,7-8,10H2,(H,23,24,26)/t13-/m0/s1. The Morgan fingerprint density at radius 2 is 2.14 bits per heavy atom. The van der Waals surface area contributed by atoms with Gasteiger partial charge in [0.05, 0.1) is 6.20 Å². The van der Waals surface area contributed by atoms with Crippen molar-refractivity contribution in [1.29, 1.82) is 0 Å². The Bertz CT molecular complexity index is 1090. The fourth-order valence-corrected chi connectivity index (χ4v) is 3.82. The van der Waals surface area contributed by atoms with Gasteiger partial charge in [0.15, 0.2) is 5.82 Å². The number of imidazole rings is 1. The van der Waals surface area contributed by atoms with E-state index in [-0.39, 0.29) is 5.82 Å². The van der Waals surface area contributed by atoms with Crippen molar-refractivity contribution in [3.63, 3.8) is 0 Å². The van der Waals surface area contributed by atoms with Gasteiger partial charge in [0.25, 0.3) is 0 Å². The van der Waals surface area contributed by atoms with Crippen LogP contribution in [0.2, 0.25) is 0 Å². The van der Waals surface area contributed by atoms with Crippen molar-refractivity contribution >= 4 is 11.6 Å². The van der Waals surface area contributed by atoms with Crippen molar-refractivity contribution in [2.75, 3.05) is 18.0 Å². The van der Waals surface area contributed by atoms with E-state index in [4.69, 9.17) is 4.98 Å². The molecule has 0 unspecified atom stereocenters. The van der Waals surface area contributed by atoms with E-state index in [9.17, 15) is 4.39 Å². The number of halogens is 1. The number of hydrogen-bond donors (Lipinski definition) is 1. The zero-order valence-electron chi connectivity index (χ0n) is 15.2. The van der Waals surface area contributed by atoms with Crippen molar-refractivity contribution in [3.8, 4) is 11.5 Å². The van der Waals surface area contributed by atoms with Crippen LogP contribution in [0.25, 0.3) is 17.2 Å². The third-order valence-corrected chi connectivity index (χ3v) is 5.13. The molecule has 0 aliphatic carbocycles. The summed E-state index contributed by atoms with van der Waals surface area (Å²) in [6.07, 6.45) is 9.48. The second-order valence-corrected chi connectivity index (χ2v) is 7.06. The van der Waals surface area contributed by atoms with Gasteiger partial charge in [-0.2, -0.15) is 10.1 Å². The number of rotatable bonds is 4. The normalized spacial score (nSPS) is 17.3. The maximum absolute atomic E-state index is 13.6. The molecule has 142 valence electrons. The number of aromatic nitrogens is 7. The smallest absolute Gasteiger partial charge is 0.221 e. The highest BCUT2D eigenvalue weighted by molar-refractivity contribution is 5.56. The van der Waals surface area contributed by atoms with E-state index in [0.717, 1.165) is 44.0 Å². The Hall–Kier alpha value is -3.36. The average Bonchev–Trinajstić information content (AvgIpc) is 3.38. The molecule has 0 bridgehead atoms. The average molecular weight is 378 g/mol. The van der Waals surface area contributed by atoms with Crippen LogP contribution in [-0.4, -0.2) is 47.6 Å². The predicted octanol–water partition coefficient (Wildman–Crippen LogP) is 2.51. The Morgan fingerprint density at radius 1 is 1.18 bits per heavy atom. The van der Waals surface area contributed by atoms with E-state index in [2.05, 4.69) is 30.0 Å². The number of aromatic amines is 1. The van der Waals surface area contributed by atoms with Crippen molar-refractivity contribution in [2.24, 2.45) is 5.92 Å². The highest BCUT2D eigenvalue weighted by Gasteiger charge is 2.22. The van der Waals surface area contributed by atoms with Crippen LogP contribution < -0.4 is 4.90 Å². The first-order valence-electron chi connectivity index (χ1n) is 9.31. The molecule has 8 nitrogen and oxygen atoms in total. The van der Waals surface area contributed by atoms with Gasteiger partial charge in [-0.1, -0.05) is 0 Å². The first-order valence-corrected chi connectivity index (χ1v) is 9.31. The molecule has 5 rings (SSSR count). The maximum Gasteiger partial charge on any atom is 0.221 e. The van der Waals surface area contributed by atoms with Crippen LogP contribution >= 0.6 is 0 Å². The lowest BCUT2D eigenvalue weighted by molar-refractivity contribution is 0.406. The van der Waals surface area contributed by atoms with Crippen LogP contribution in [0, 0.1) is 11.7 Å². The molecule has 0 aromatic carbocycles. The number of fused-ring (bicyclic) bond motifs is 1. The van der Waals surface area contributed by atoms with Crippen LogP contribution in [0.3, 0.4) is 0 Å². The first-order chi connectivity index (χ1) is 13.8. The fraction of sp³-hybridized carbons (Fsp3) is 0.316. The Labute approximate surface area is 160 Å². The van der Waals surface area contributed by atoms with Gasteiger partial charge in [-0.05, 0) is 43.4 Å². The number of nitrogens with zero attached hydrogens (tertiary/aromatic N) is 7. The van der Waals surface area contributed by atoms with Gasteiger partial charge in [-0.15, -0.1) is 0 Å². The Kier molecular flexibility index (Phi) is 4.19. The third kappa shape index (κ3) is 3.19. The molecule has 1 fully saturated rings. The SMILES string of the molecule is Fc1ccc2ncc(-c3nccc(C[C@@H]4CCCN(c5ncn[nH]5)C4)n3)n2c1. The summed E-state index contributed by atoms with van der Waals surface area (Å²) < 4.78 is 15.3. The summed E-state index contributed by atoms with van der Waals surface area (Å²) in [6, 6.07) is 4.98. The number of anilines is 1. The van der Waals surface area contributed by atoms with Crippen molar-refractivity contribution in [2.45, 2.75) is 19.3 Å². The quantitative estimate of drug-likeness (QED) is 0.587. The summed E-state index contributed by atoms with van der Waals surface area (Å²) in [7, 11) is 0. The van der Waals surface area contributed by atoms with Gasteiger partial charge in [-0.25, -0.2) is 24.4 Å². The predicted molar refractivity (Wildman–Crippen MR) is 101 cm³/mol. The fourth-order valence-electron chi connectivity index (χ4n) is 3.82. The molecule has 28 heavy (non-hydrogen) atoms. The zero-order valence-corrected chi connectivity index (χ0v) is 15.2. The van der Waals surface area contributed by atoms with Gasteiger partial charge in [0, 0.05) is 31.2 Å². The maximum atomic E-state index is 13.6. The van der Waals surface area contributed by atoms with Gasteiger partial charge >= 0.3 is 0 Å². The minimum Gasteiger partial charge on any atom is -0.341 e. The molecule has 1 atom stereocenters. The molecule has 1 aliphatic rings. The molecule has 1 saturated heterocycles. The largest absolute Gasteiger partial charge is 0.341 e. The number of hydrogen-bond acceptors (Lipinski definition) is 6. The lowest BCUT2D eigenvalue weighted by Gasteiger charge is -2.32. The Morgan fingerprint density at radius 3 is 3.04 bits per heavy atom.